The lowest BCUT2D eigenvalue weighted by Crippen LogP contribution is -2.27. The molecule has 2 aromatic rings. The molecule has 2 aromatic heterocycles. The van der Waals surface area contributed by atoms with Gasteiger partial charge in [0, 0.05) is 12.5 Å². The summed E-state index contributed by atoms with van der Waals surface area (Å²) < 4.78 is 10.4. The Balaban J connectivity index is 0.00000176. The van der Waals surface area contributed by atoms with E-state index in [9.17, 15) is 0 Å². The van der Waals surface area contributed by atoms with Gasteiger partial charge in [-0.25, -0.2) is 9.97 Å². The summed E-state index contributed by atoms with van der Waals surface area (Å²) in [6.45, 7) is 2.22. The Kier molecular flexibility index (Phi) is 6.09. The zero-order valence-corrected chi connectivity index (χ0v) is 13.3. The Morgan fingerprint density at radius 1 is 1.32 bits per heavy atom. The minimum absolute atomic E-state index is 0. The summed E-state index contributed by atoms with van der Waals surface area (Å²) >= 11 is 0. The molecule has 1 aliphatic heterocycles. The lowest BCUT2D eigenvalue weighted by Gasteiger charge is -2.21. The van der Waals surface area contributed by atoms with Gasteiger partial charge in [0.25, 0.3) is 0 Å². The van der Waals surface area contributed by atoms with Gasteiger partial charge in [-0.15, -0.1) is 12.4 Å². The molecule has 0 atom stereocenters. The van der Waals surface area contributed by atoms with Crippen molar-refractivity contribution >= 4 is 12.4 Å². The molecule has 1 N–H and O–H groups in total. The monoisotopic (exact) mass is 325 g/mol. The molecular weight excluding hydrogens is 306 g/mol. The summed E-state index contributed by atoms with van der Waals surface area (Å²) in [5.74, 6) is 2.39. The Morgan fingerprint density at radius 3 is 2.91 bits per heavy atom. The van der Waals surface area contributed by atoms with Gasteiger partial charge in [0.1, 0.15) is 12.0 Å². The first kappa shape index (κ1) is 16.6. The summed E-state index contributed by atoms with van der Waals surface area (Å²) in [5, 5.41) is 7.35. The molecule has 1 fully saturated rings. The van der Waals surface area contributed by atoms with Crippen molar-refractivity contribution in [2.45, 2.75) is 25.7 Å². The number of halogens is 1. The lowest BCUT2D eigenvalue weighted by molar-refractivity contribution is 0.324. The van der Waals surface area contributed by atoms with Gasteiger partial charge >= 0.3 is 0 Å². The molecule has 120 valence electrons. The predicted molar refractivity (Wildman–Crippen MR) is 83.0 cm³/mol. The number of methoxy groups -OCH3 is 1. The van der Waals surface area contributed by atoms with Gasteiger partial charge in [0.05, 0.1) is 7.11 Å². The average molecular weight is 326 g/mol. The molecule has 1 aliphatic rings. The van der Waals surface area contributed by atoms with Crippen molar-refractivity contribution in [2.75, 3.05) is 20.2 Å². The van der Waals surface area contributed by atoms with Gasteiger partial charge in [-0.05, 0) is 38.3 Å². The molecule has 3 heterocycles. The Bertz CT molecular complexity index is 586. The molecule has 22 heavy (non-hydrogen) atoms. The number of rotatable bonds is 5. The van der Waals surface area contributed by atoms with Crippen LogP contribution in [0.5, 0.6) is 5.88 Å². The first-order chi connectivity index (χ1) is 10.3. The molecule has 0 amide bonds. The minimum atomic E-state index is 0. The minimum Gasteiger partial charge on any atom is -0.481 e. The zero-order valence-electron chi connectivity index (χ0n) is 12.5. The highest BCUT2D eigenvalue weighted by Crippen LogP contribution is 2.20. The number of nitrogens with one attached hydrogen (secondary N) is 1. The molecule has 0 aromatic carbocycles. The van der Waals surface area contributed by atoms with Crippen LogP contribution in [0.1, 0.15) is 25.2 Å². The van der Waals surface area contributed by atoms with Gasteiger partial charge in [0.2, 0.25) is 17.6 Å². The molecule has 0 spiro atoms. The van der Waals surface area contributed by atoms with E-state index in [1.807, 2.05) is 0 Å². The van der Waals surface area contributed by atoms with Crippen molar-refractivity contribution in [1.82, 2.24) is 25.4 Å². The van der Waals surface area contributed by atoms with Crippen LogP contribution in [0.25, 0.3) is 11.5 Å². The van der Waals surface area contributed by atoms with Crippen LogP contribution in [0.2, 0.25) is 0 Å². The number of ether oxygens (including phenoxy) is 1. The molecule has 0 bridgehead atoms. The summed E-state index contributed by atoms with van der Waals surface area (Å²) in [7, 11) is 1.56. The van der Waals surface area contributed by atoms with E-state index in [2.05, 4.69) is 25.4 Å². The second-order valence-corrected chi connectivity index (χ2v) is 5.19. The van der Waals surface area contributed by atoms with Crippen LogP contribution < -0.4 is 10.1 Å². The van der Waals surface area contributed by atoms with Gasteiger partial charge in [-0.2, -0.15) is 4.98 Å². The third kappa shape index (κ3) is 4.14. The summed E-state index contributed by atoms with van der Waals surface area (Å²) in [6, 6.07) is 1.70. The number of aromatic nitrogens is 4. The fourth-order valence-corrected chi connectivity index (χ4v) is 2.53. The molecule has 0 aliphatic carbocycles. The van der Waals surface area contributed by atoms with E-state index >= 15 is 0 Å². The normalized spacial score (nSPS) is 15.3. The average Bonchev–Trinajstić information content (AvgIpc) is 3.03. The molecule has 1 saturated heterocycles. The number of hydrogen-bond acceptors (Lipinski definition) is 7. The van der Waals surface area contributed by atoms with Crippen molar-refractivity contribution in [2.24, 2.45) is 5.92 Å². The fraction of sp³-hybridized carbons (Fsp3) is 0.571. The Labute approximate surface area is 135 Å². The van der Waals surface area contributed by atoms with Crippen molar-refractivity contribution in [3.8, 4) is 17.4 Å². The second-order valence-electron chi connectivity index (χ2n) is 5.19. The zero-order chi connectivity index (χ0) is 14.5. The molecular formula is C14H20ClN5O2. The van der Waals surface area contributed by atoms with Crippen LogP contribution in [-0.4, -0.2) is 40.3 Å². The number of piperidine rings is 1. The summed E-state index contributed by atoms with van der Waals surface area (Å²) in [6.07, 6.45) is 5.80. The van der Waals surface area contributed by atoms with Gasteiger partial charge in [-0.1, -0.05) is 5.16 Å². The molecule has 0 radical (unpaired) electrons. The van der Waals surface area contributed by atoms with E-state index in [0.717, 1.165) is 31.8 Å². The van der Waals surface area contributed by atoms with Crippen LogP contribution >= 0.6 is 12.4 Å². The van der Waals surface area contributed by atoms with Crippen LogP contribution in [0.4, 0.5) is 0 Å². The van der Waals surface area contributed by atoms with E-state index in [1.54, 1.807) is 13.2 Å². The lowest BCUT2D eigenvalue weighted by atomic mass is 9.93. The van der Waals surface area contributed by atoms with Gasteiger partial charge in [0.15, 0.2) is 0 Å². The van der Waals surface area contributed by atoms with Crippen LogP contribution in [0.15, 0.2) is 16.9 Å². The Morgan fingerprint density at radius 2 is 2.14 bits per heavy atom. The highest BCUT2D eigenvalue weighted by atomic mass is 35.5. The summed E-state index contributed by atoms with van der Waals surface area (Å²) in [4.78, 5) is 12.5. The van der Waals surface area contributed by atoms with Gasteiger partial charge in [-0.3, -0.25) is 0 Å². The third-order valence-electron chi connectivity index (χ3n) is 3.77. The van der Waals surface area contributed by atoms with Crippen molar-refractivity contribution in [3.05, 3.63) is 18.3 Å². The number of nitrogens with zero attached hydrogens (tertiary/aromatic N) is 4. The van der Waals surface area contributed by atoms with E-state index in [4.69, 9.17) is 9.26 Å². The van der Waals surface area contributed by atoms with Crippen LogP contribution in [0.3, 0.4) is 0 Å². The van der Waals surface area contributed by atoms with Crippen molar-refractivity contribution in [1.29, 1.82) is 0 Å². The molecule has 3 rings (SSSR count). The van der Waals surface area contributed by atoms with E-state index < -0.39 is 0 Å². The molecule has 0 unspecified atom stereocenters. The fourth-order valence-electron chi connectivity index (χ4n) is 2.53. The maximum absolute atomic E-state index is 5.31. The Hall–Kier alpha value is -1.73. The topological polar surface area (TPSA) is 86.0 Å². The smallest absolute Gasteiger partial charge is 0.227 e. The SMILES string of the molecule is COc1cc(-c2noc(CCC3CCNCC3)n2)ncn1.Cl. The quantitative estimate of drug-likeness (QED) is 0.898. The van der Waals surface area contributed by atoms with Gasteiger partial charge < -0.3 is 14.6 Å². The van der Waals surface area contributed by atoms with E-state index in [-0.39, 0.29) is 12.4 Å². The largest absolute Gasteiger partial charge is 0.481 e. The maximum Gasteiger partial charge on any atom is 0.227 e. The van der Waals surface area contributed by atoms with E-state index in [1.165, 1.54) is 19.2 Å². The first-order valence-corrected chi connectivity index (χ1v) is 7.25. The highest BCUT2D eigenvalue weighted by Gasteiger charge is 2.16. The van der Waals surface area contributed by atoms with Crippen LogP contribution in [-0.2, 0) is 6.42 Å². The maximum atomic E-state index is 5.31. The van der Waals surface area contributed by atoms with Crippen LogP contribution in [0, 0.1) is 5.92 Å². The first-order valence-electron chi connectivity index (χ1n) is 7.25. The predicted octanol–water partition coefficient (Wildman–Crippen LogP) is 1.89. The molecule has 8 heteroatoms. The molecule has 7 nitrogen and oxygen atoms in total. The second kappa shape index (κ2) is 8.05. The third-order valence-corrected chi connectivity index (χ3v) is 3.77. The summed E-state index contributed by atoms with van der Waals surface area (Å²) in [5.41, 5.74) is 0.610. The standard InChI is InChI=1S/C14H19N5O2.ClH/c1-20-13-8-11(16-9-17-13)14-18-12(21-19-14)3-2-10-4-6-15-7-5-10;/h8-10,15H,2-7H2,1H3;1H. The highest BCUT2D eigenvalue weighted by molar-refractivity contribution is 5.85. The molecule has 0 saturated carbocycles. The van der Waals surface area contributed by atoms with Crippen molar-refractivity contribution < 1.29 is 9.26 Å². The number of hydrogen-bond donors (Lipinski definition) is 1. The number of aryl methyl sites for hydroxylation is 1. The van der Waals surface area contributed by atoms with E-state index in [0.29, 0.717) is 23.3 Å². The van der Waals surface area contributed by atoms with Crippen molar-refractivity contribution in [3.63, 3.8) is 0 Å².